The SMILES string of the molecule is CCOC(=O)c1cnc(-c2ccc(CC3CNCCN3C)cn2)nc1. The van der Waals surface area contributed by atoms with E-state index in [1.807, 2.05) is 12.3 Å². The smallest absolute Gasteiger partial charge is 0.341 e. The average Bonchev–Trinajstić information content (AvgIpc) is 2.65. The number of ether oxygens (including phenoxy) is 1. The van der Waals surface area contributed by atoms with Crippen molar-refractivity contribution in [2.75, 3.05) is 33.3 Å². The van der Waals surface area contributed by atoms with Crippen LogP contribution in [0.3, 0.4) is 0 Å². The molecule has 0 bridgehead atoms. The zero-order valence-corrected chi connectivity index (χ0v) is 14.6. The lowest BCUT2D eigenvalue weighted by Crippen LogP contribution is -2.50. The van der Waals surface area contributed by atoms with Crippen LogP contribution >= 0.6 is 0 Å². The highest BCUT2D eigenvalue weighted by Crippen LogP contribution is 2.15. The number of nitrogens with one attached hydrogen (secondary N) is 1. The first-order valence-corrected chi connectivity index (χ1v) is 8.52. The quantitative estimate of drug-likeness (QED) is 0.818. The highest BCUT2D eigenvalue weighted by atomic mass is 16.5. The van der Waals surface area contributed by atoms with E-state index in [0.717, 1.165) is 26.1 Å². The van der Waals surface area contributed by atoms with E-state index in [1.165, 1.54) is 18.0 Å². The van der Waals surface area contributed by atoms with Crippen LogP contribution in [-0.4, -0.2) is 65.2 Å². The molecule has 7 heteroatoms. The molecule has 1 N–H and O–H groups in total. The zero-order valence-electron chi connectivity index (χ0n) is 14.6. The van der Waals surface area contributed by atoms with Gasteiger partial charge in [-0.1, -0.05) is 6.07 Å². The first-order valence-electron chi connectivity index (χ1n) is 8.52. The van der Waals surface area contributed by atoms with Crippen LogP contribution in [0, 0.1) is 0 Å². The van der Waals surface area contributed by atoms with Gasteiger partial charge >= 0.3 is 5.97 Å². The number of hydrogen-bond acceptors (Lipinski definition) is 7. The van der Waals surface area contributed by atoms with E-state index in [1.54, 1.807) is 6.92 Å². The van der Waals surface area contributed by atoms with Crippen LogP contribution in [0.25, 0.3) is 11.5 Å². The Labute approximate surface area is 147 Å². The molecule has 1 saturated heterocycles. The molecule has 1 unspecified atom stereocenters. The Morgan fingerprint density at radius 2 is 2.08 bits per heavy atom. The number of likely N-dealkylation sites (N-methyl/N-ethyl adjacent to an activating group) is 1. The second-order valence-corrected chi connectivity index (χ2v) is 6.11. The van der Waals surface area contributed by atoms with Crippen LogP contribution in [0.5, 0.6) is 0 Å². The maximum atomic E-state index is 11.6. The van der Waals surface area contributed by atoms with Crippen molar-refractivity contribution in [3.05, 3.63) is 41.9 Å². The summed E-state index contributed by atoms with van der Waals surface area (Å²) >= 11 is 0. The number of esters is 1. The minimum atomic E-state index is -0.414. The fraction of sp³-hybridized carbons (Fsp3) is 0.444. The van der Waals surface area contributed by atoms with Gasteiger partial charge in [-0.3, -0.25) is 4.98 Å². The van der Waals surface area contributed by atoms with Gasteiger partial charge in [0.1, 0.15) is 5.69 Å². The van der Waals surface area contributed by atoms with Crippen molar-refractivity contribution in [3.8, 4) is 11.5 Å². The predicted molar refractivity (Wildman–Crippen MR) is 94.2 cm³/mol. The highest BCUT2D eigenvalue weighted by Gasteiger charge is 2.19. The third-order valence-corrected chi connectivity index (χ3v) is 4.33. The Kier molecular flexibility index (Phi) is 5.67. The molecule has 1 atom stereocenters. The Morgan fingerprint density at radius 3 is 2.72 bits per heavy atom. The van der Waals surface area contributed by atoms with Gasteiger partial charge in [0.15, 0.2) is 5.82 Å². The van der Waals surface area contributed by atoms with Gasteiger partial charge in [-0.05, 0) is 32.0 Å². The predicted octanol–water partition coefficient (Wildman–Crippen LogP) is 1.16. The van der Waals surface area contributed by atoms with Crippen molar-refractivity contribution in [3.63, 3.8) is 0 Å². The number of pyridine rings is 1. The first-order chi connectivity index (χ1) is 12.2. The van der Waals surface area contributed by atoms with E-state index in [4.69, 9.17) is 4.74 Å². The number of nitrogens with zero attached hydrogens (tertiary/aromatic N) is 4. The Hall–Kier alpha value is -2.38. The maximum absolute atomic E-state index is 11.6. The van der Waals surface area contributed by atoms with Gasteiger partial charge in [0.25, 0.3) is 0 Å². The Bertz CT molecular complexity index is 702. The number of carbonyl (C=O) groups is 1. The van der Waals surface area contributed by atoms with E-state index >= 15 is 0 Å². The van der Waals surface area contributed by atoms with E-state index in [0.29, 0.717) is 29.7 Å². The van der Waals surface area contributed by atoms with Crippen LogP contribution in [-0.2, 0) is 11.2 Å². The standard InChI is InChI=1S/C18H23N5O2/c1-3-25-18(24)14-10-21-17(22-11-14)16-5-4-13(9-20-16)8-15-12-19-6-7-23(15)2/h4-5,9-11,15,19H,3,6-8,12H2,1-2H3. The number of piperazine rings is 1. The minimum Gasteiger partial charge on any atom is -0.462 e. The molecule has 0 saturated carbocycles. The molecule has 1 aliphatic rings. The Morgan fingerprint density at radius 1 is 1.28 bits per heavy atom. The van der Waals surface area contributed by atoms with Crippen molar-refractivity contribution >= 4 is 5.97 Å². The van der Waals surface area contributed by atoms with E-state index < -0.39 is 5.97 Å². The van der Waals surface area contributed by atoms with E-state index in [-0.39, 0.29) is 0 Å². The third-order valence-electron chi connectivity index (χ3n) is 4.33. The summed E-state index contributed by atoms with van der Waals surface area (Å²) in [6.07, 6.45) is 5.77. The normalized spacial score (nSPS) is 18.1. The van der Waals surface area contributed by atoms with Gasteiger partial charge in [0.05, 0.1) is 12.2 Å². The molecule has 3 rings (SSSR count). The fourth-order valence-electron chi connectivity index (χ4n) is 2.82. The summed E-state index contributed by atoms with van der Waals surface area (Å²) in [6, 6.07) is 4.47. The summed E-state index contributed by atoms with van der Waals surface area (Å²) in [5.74, 6) is 0.0821. The van der Waals surface area contributed by atoms with Crippen LogP contribution < -0.4 is 5.32 Å². The maximum Gasteiger partial charge on any atom is 0.341 e. The lowest BCUT2D eigenvalue weighted by Gasteiger charge is -2.33. The molecule has 0 radical (unpaired) electrons. The van der Waals surface area contributed by atoms with Crippen molar-refractivity contribution in [1.82, 2.24) is 25.2 Å². The molecule has 132 valence electrons. The summed E-state index contributed by atoms with van der Waals surface area (Å²) < 4.78 is 4.93. The minimum absolute atomic E-state index is 0.329. The van der Waals surface area contributed by atoms with Crippen molar-refractivity contribution in [2.45, 2.75) is 19.4 Å². The van der Waals surface area contributed by atoms with E-state index in [9.17, 15) is 4.79 Å². The molecule has 0 amide bonds. The average molecular weight is 341 g/mol. The number of rotatable bonds is 5. The lowest BCUT2D eigenvalue weighted by atomic mass is 10.0. The Balaban J connectivity index is 1.66. The molecule has 1 aliphatic heterocycles. The zero-order chi connectivity index (χ0) is 17.6. The number of carbonyl (C=O) groups excluding carboxylic acids is 1. The fourth-order valence-corrected chi connectivity index (χ4v) is 2.82. The monoisotopic (exact) mass is 341 g/mol. The van der Waals surface area contributed by atoms with Gasteiger partial charge in [-0.2, -0.15) is 0 Å². The molecule has 25 heavy (non-hydrogen) atoms. The summed E-state index contributed by atoms with van der Waals surface area (Å²) in [5, 5.41) is 3.43. The van der Waals surface area contributed by atoms with Crippen LogP contribution in [0.1, 0.15) is 22.8 Å². The second kappa shape index (κ2) is 8.13. The highest BCUT2D eigenvalue weighted by molar-refractivity contribution is 5.88. The van der Waals surface area contributed by atoms with Crippen LogP contribution in [0.4, 0.5) is 0 Å². The molecule has 2 aromatic heterocycles. The number of aromatic nitrogens is 3. The van der Waals surface area contributed by atoms with E-state index in [2.05, 4.69) is 38.3 Å². The molecule has 3 heterocycles. The van der Waals surface area contributed by atoms with Crippen molar-refractivity contribution < 1.29 is 9.53 Å². The molecule has 2 aromatic rings. The molecule has 0 aromatic carbocycles. The van der Waals surface area contributed by atoms with Gasteiger partial charge in [0.2, 0.25) is 0 Å². The summed E-state index contributed by atoms with van der Waals surface area (Å²) in [5.41, 5.74) is 2.22. The molecule has 7 nitrogen and oxygen atoms in total. The lowest BCUT2D eigenvalue weighted by molar-refractivity contribution is 0.0525. The molecular formula is C18H23N5O2. The molecular weight excluding hydrogens is 318 g/mol. The largest absolute Gasteiger partial charge is 0.462 e. The van der Waals surface area contributed by atoms with Gasteiger partial charge in [-0.15, -0.1) is 0 Å². The number of hydrogen-bond donors (Lipinski definition) is 1. The second-order valence-electron chi connectivity index (χ2n) is 6.11. The summed E-state index contributed by atoms with van der Waals surface area (Å²) in [4.78, 5) is 26.9. The van der Waals surface area contributed by atoms with Crippen molar-refractivity contribution in [2.24, 2.45) is 0 Å². The molecule has 0 aliphatic carbocycles. The topological polar surface area (TPSA) is 80.2 Å². The summed E-state index contributed by atoms with van der Waals surface area (Å²) in [6.45, 7) is 5.20. The van der Waals surface area contributed by atoms with Crippen LogP contribution in [0.15, 0.2) is 30.7 Å². The van der Waals surface area contributed by atoms with Gasteiger partial charge in [-0.25, -0.2) is 14.8 Å². The molecule has 0 spiro atoms. The summed E-state index contributed by atoms with van der Waals surface area (Å²) in [7, 11) is 2.16. The van der Waals surface area contributed by atoms with Crippen LogP contribution in [0.2, 0.25) is 0 Å². The molecule has 1 fully saturated rings. The third kappa shape index (κ3) is 4.37. The van der Waals surface area contributed by atoms with Gasteiger partial charge < -0.3 is 15.0 Å². The van der Waals surface area contributed by atoms with Gasteiger partial charge in [0, 0.05) is 44.3 Å². The first kappa shape index (κ1) is 17.4. The van der Waals surface area contributed by atoms with Crippen molar-refractivity contribution in [1.29, 1.82) is 0 Å².